The number of imide groups is 1. The normalized spacial score (nSPS) is 16.3. The van der Waals surface area contributed by atoms with E-state index in [-0.39, 0.29) is 12.7 Å². The number of nitrogens with one attached hydrogen (secondary N) is 3. The van der Waals surface area contributed by atoms with E-state index >= 15 is 0 Å². The number of aliphatic hydroxyl groups is 3. The molecule has 6 amide bonds. The van der Waals surface area contributed by atoms with Gasteiger partial charge in [-0.15, -0.1) is 0 Å². The van der Waals surface area contributed by atoms with Crippen molar-refractivity contribution in [3.8, 4) is 0 Å². The first kappa shape index (κ1) is 36.3. The summed E-state index contributed by atoms with van der Waals surface area (Å²) in [5.74, 6) is -4.86. The summed E-state index contributed by atoms with van der Waals surface area (Å²) < 4.78 is 5.46. The second-order valence-electron chi connectivity index (χ2n) is 9.28. The molecule has 228 valence electrons. The van der Waals surface area contributed by atoms with Crippen molar-refractivity contribution in [2.24, 2.45) is 11.7 Å². The van der Waals surface area contributed by atoms with Crippen molar-refractivity contribution in [2.75, 3.05) is 13.7 Å². The Bertz CT molecular complexity index is 930. The predicted octanol–water partition coefficient (Wildman–Crippen LogP) is -3.79. The Hall–Kier alpha value is -3.67. The van der Waals surface area contributed by atoms with E-state index in [0.29, 0.717) is 4.90 Å². The molecule has 7 atom stereocenters. The van der Waals surface area contributed by atoms with E-state index in [2.05, 4.69) is 16.0 Å². The van der Waals surface area contributed by atoms with E-state index in [1.165, 1.54) is 27.7 Å². The number of rotatable bonds is 17. The number of hydrogen-bond donors (Lipinski definition) is 8. The van der Waals surface area contributed by atoms with Gasteiger partial charge in [-0.25, -0.2) is 4.79 Å². The Morgan fingerprint density at radius 1 is 0.950 bits per heavy atom. The minimum Gasteiger partial charge on any atom is -0.465 e. The van der Waals surface area contributed by atoms with Crippen molar-refractivity contribution in [1.82, 2.24) is 20.9 Å². The number of aldehydes is 1. The van der Waals surface area contributed by atoms with Crippen LogP contribution < -0.4 is 21.7 Å². The van der Waals surface area contributed by atoms with Gasteiger partial charge in [0.05, 0.1) is 6.61 Å². The fourth-order valence-corrected chi connectivity index (χ4v) is 3.05. The Morgan fingerprint density at radius 3 is 1.98 bits per heavy atom. The molecule has 0 fully saturated rings. The zero-order valence-corrected chi connectivity index (χ0v) is 22.9. The molecule has 0 aromatic rings. The lowest BCUT2D eigenvalue weighted by atomic mass is 10.0. The number of amides is 6. The highest BCUT2D eigenvalue weighted by atomic mass is 16.5. The first-order valence-corrected chi connectivity index (χ1v) is 12.3. The third-order valence-electron chi connectivity index (χ3n) is 5.70. The highest BCUT2D eigenvalue weighted by Gasteiger charge is 2.37. The van der Waals surface area contributed by atoms with Crippen LogP contribution >= 0.6 is 0 Å². The number of aliphatic hydroxyl groups excluding tert-OH is 3. The maximum Gasteiger partial charge on any atom is 0.413 e. The van der Waals surface area contributed by atoms with E-state index in [1.807, 2.05) is 0 Å². The first-order valence-electron chi connectivity index (χ1n) is 12.3. The quantitative estimate of drug-likeness (QED) is 0.0773. The number of carbonyl (C=O) groups is 7. The lowest BCUT2D eigenvalue weighted by molar-refractivity contribution is -0.158. The van der Waals surface area contributed by atoms with Crippen LogP contribution in [0.4, 0.5) is 4.79 Å². The van der Waals surface area contributed by atoms with Gasteiger partial charge >= 0.3 is 6.09 Å². The molecule has 9 N–H and O–H groups in total. The van der Waals surface area contributed by atoms with Crippen LogP contribution in [0.1, 0.15) is 40.5 Å². The molecule has 3 unspecified atom stereocenters. The zero-order chi connectivity index (χ0) is 31.3. The van der Waals surface area contributed by atoms with Gasteiger partial charge in [-0.05, 0) is 20.3 Å². The van der Waals surface area contributed by atoms with Crippen LogP contribution in [0.5, 0.6) is 0 Å². The fourth-order valence-electron chi connectivity index (χ4n) is 3.05. The molecule has 0 spiro atoms. The molecule has 0 bridgehead atoms. The van der Waals surface area contributed by atoms with Gasteiger partial charge in [0, 0.05) is 19.4 Å². The molecular weight excluding hydrogens is 538 g/mol. The van der Waals surface area contributed by atoms with E-state index in [9.17, 15) is 48.9 Å². The van der Waals surface area contributed by atoms with Gasteiger partial charge in [-0.1, -0.05) is 13.8 Å². The molecule has 40 heavy (non-hydrogen) atoms. The van der Waals surface area contributed by atoms with Gasteiger partial charge in [-0.2, -0.15) is 0 Å². The van der Waals surface area contributed by atoms with Crippen molar-refractivity contribution < 1.29 is 58.7 Å². The number of primary amides is 1. The molecule has 0 heterocycles. The number of ether oxygens (including phenoxy) is 1. The molecule has 0 radical (unpaired) electrons. The number of hydrogen-bond acceptors (Lipinski definition) is 11. The summed E-state index contributed by atoms with van der Waals surface area (Å²) in [6.07, 6.45) is -8.92. The molecule has 0 aromatic heterocycles. The summed E-state index contributed by atoms with van der Waals surface area (Å²) in [5, 5.41) is 45.1. The lowest BCUT2D eigenvalue weighted by Crippen LogP contribution is -2.58. The lowest BCUT2D eigenvalue weighted by Gasteiger charge is -2.32. The maximum atomic E-state index is 12.7. The Labute approximate surface area is 230 Å². The molecule has 0 aromatic carbocycles. The van der Waals surface area contributed by atoms with Crippen LogP contribution in [-0.4, -0.2) is 123 Å². The molecule has 0 aliphatic rings. The van der Waals surface area contributed by atoms with Crippen molar-refractivity contribution in [1.29, 1.82) is 0 Å². The van der Waals surface area contributed by atoms with E-state index in [4.69, 9.17) is 15.6 Å². The molecule has 17 heteroatoms. The summed E-state index contributed by atoms with van der Waals surface area (Å²) in [5.41, 5.74) is 5.25. The number of nitrogens with two attached hydrogens (primary N) is 1. The fraction of sp³-hybridized carbons (Fsp3) is 0.696. The minimum absolute atomic E-state index is 0.224. The Balaban J connectivity index is 5.42. The van der Waals surface area contributed by atoms with Crippen LogP contribution in [0, 0.1) is 5.92 Å². The maximum absolute atomic E-state index is 12.7. The minimum atomic E-state index is -1.91. The van der Waals surface area contributed by atoms with Gasteiger partial charge in [0.1, 0.15) is 48.8 Å². The average Bonchev–Trinajstić information content (AvgIpc) is 2.90. The number of nitrogens with zero attached hydrogens (tertiary/aromatic N) is 1. The second-order valence-corrected chi connectivity index (χ2v) is 9.28. The molecule has 0 aliphatic carbocycles. The van der Waals surface area contributed by atoms with E-state index in [0.717, 1.165) is 7.05 Å². The topological polar surface area (TPSA) is 275 Å². The van der Waals surface area contributed by atoms with Crippen LogP contribution in [0.2, 0.25) is 0 Å². The second kappa shape index (κ2) is 17.1. The highest BCUT2D eigenvalue weighted by molar-refractivity contribution is 5.93. The van der Waals surface area contributed by atoms with Crippen molar-refractivity contribution in [2.45, 2.75) is 83.1 Å². The standard InChI is InChI=1S/C23H39N5O12/c1-10(2)20(35)27-14(8-29)18(17(33)15(31)9-30)40-12(4)22(37)25-11(3)21(36)26-13(19(24)34)6-7-16(32)28(5)23(38)39/h8,10-15,17-18,30-31,33H,6-7,9H2,1-5H3,(H2,24,34)(H,25,37)(H,26,36)(H,27,35)(H,38,39)/t11?,12?,13?,14-,15+,17+,18+/m0/s1. The van der Waals surface area contributed by atoms with Crippen LogP contribution in [0.3, 0.4) is 0 Å². The van der Waals surface area contributed by atoms with Crippen molar-refractivity contribution in [3.05, 3.63) is 0 Å². The van der Waals surface area contributed by atoms with Crippen LogP contribution in [0.15, 0.2) is 0 Å². The molecule has 17 nitrogen and oxygen atoms in total. The first-order chi connectivity index (χ1) is 18.5. The summed E-state index contributed by atoms with van der Waals surface area (Å²) in [6, 6.07) is -4.20. The zero-order valence-electron chi connectivity index (χ0n) is 22.9. The summed E-state index contributed by atoms with van der Waals surface area (Å²) in [4.78, 5) is 83.8. The highest BCUT2D eigenvalue weighted by Crippen LogP contribution is 2.13. The average molecular weight is 578 g/mol. The Kier molecular flexibility index (Phi) is 15.5. The molecule has 0 rings (SSSR count). The molecule has 0 aliphatic heterocycles. The molecule has 0 saturated carbocycles. The summed E-state index contributed by atoms with van der Waals surface area (Å²) in [7, 11) is 1.01. The largest absolute Gasteiger partial charge is 0.465 e. The predicted molar refractivity (Wildman–Crippen MR) is 135 cm³/mol. The van der Waals surface area contributed by atoms with E-state index in [1.54, 1.807) is 0 Å². The molecule has 0 saturated heterocycles. The van der Waals surface area contributed by atoms with Crippen molar-refractivity contribution >= 4 is 41.9 Å². The summed E-state index contributed by atoms with van der Waals surface area (Å²) >= 11 is 0. The van der Waals surface area contributed by atoms with E-state index < -0.39 is 97.1 Å². The van der Waals surface area contributed by atoms with Crippen molar-refractivity contribution in [3.63, 3.8) is 0 Å². The smallest absolute Gasteiger partial charge is 0.413 e. The SMILES string of the molecule is CC(C)C(=O)N[C@@H](C=O)[C@@H](OC(C)C(=O)NC(C)C(=O)NC(CCC(=O)N(C)C(=O)O)C(N)=O)[C@H](O)[C@H](O)CO. The summed E-state index contributed by atoms with van der Waals surface area (Å²) in [6.45, 7) is 4.56. The van der Waals surface area contributed by atoms with Gasteiger partial charge in [0.15, 0.2) is 0 Å². The van der Waals surface area contributed by atoms with Crippen LogP contribution in [-0.2, 0) is 33.5 Å². The third kappa shape index (κ3) is 11.6. The van der Waals surface area contributed by atoms with Crippen LogP contribution in [0.25, 0.3) is 0 Å². The number of carbonyl (C=O) groups excluding carboxylic acids is 6. The monoisotopic (exact) mass is 577 g/mol. The van der Waals surface area contributed by atoms with Gasteiger partial charge in [0.25, 0.3) is 0 Å². The van der Waals surface area contributed by atoms with Gasteiger partial charge < -0.3 is 51.6 Å². The number of carboxylic acid groups (broad SMARTS) is 1. The van der Waals surface area contributed by atoms with Gasteiger partial charge in [-0.3, -0.25) is 28.9 Å². The van der Waals surface area contributed by atoms with Gasteiger partial charge in [0.2, 0.25) is 29.5 Å². The Morgan fingerprint density at radius 2 is 1.52 bits per heavy atom. The third-order valence-corrected chi connectivity index (χ3v) is 5.70. The molecular formula is C23H39N5O12.